The van der Waals surface area contributed by atoms with Gasteiger partial charge in [-0.1, -0.05) is 29.8 Å². The molecular formula is C26H28ClF3N4O4. The van der Waals surface area contributed by atoms with E-state index in [4.69, 9.17) is 37.6 Å². The van der Waals surface area contributed by atoms with Crippen LogP contribution in [0.4, 0.5) is 19.1 Å². The number of carbonyl (C=O) groups is 1. The molecule has 2 aromatic rings. The molecule has 12 heteroatoms. The molecule has 0 radical (unpaired) electrons. The highest BCUT2D eigenvalue weighted by Gasteiger charge is 2.45. The Kier molecular flexibility index (Phi) is 8.59. The summed E-state index contributed by atoms with van der Waals surface area (Å²) in [7, 11) is 0. The molecule has 2 aliphatic rings. The van der Waals surface area contributed by atoms with E-state index in [2.05, 4.69) is 9.97 Å². The smallest absolute Gasteiger partial charge is 0.429 e. The number of nitrogens with zero attached hydrogens (tertiary/aromatic N) is 2. The lowest BCUT2D eigenvalue weighted by atomic mass is 9.84. The minimum atomic E-state index is -4.78. The molecule has 2 unspecified atom stereocenters. The predicted molar refractivity (Wildman–Crippen MR) is 136 cm³/mol. The Hall–Kier alpha value is -3.15. The van der Waals surface area contributed by atoms with Crippen LogP contribution >= 0.6 is 11.6 Å². The Labute approximate surface area is 222 Å². The second-order valence-corrected chi connectivity index (χ2v) is 9.78. The second kappa shape index (κ2) is 11.7. The molecule has 0 saturated heterocycles. The Morgan fingerprint density at radius 1 is 1.24 bits per heavy atom. The molecule has 0 amide bonds. The van der Waals surface area contributed by atoms with Crippen LogP contribution in [0.3, 0.4) is 0 Å². The Bertz CT molecular complexity index is 1250. The molecule has 38 heavy (non-hydrogen) atoms. The Morgan fingerprint density at radius 3 is 2.66 bits per heavy atom. The molecule has 1 aromatic carbocycles. The fourth-order valence-electron chi connectivity index (χ4n) is 4.67. The third-order valence-electron chi connectivity index (χ3n) is 6.56. The SMILES string of the molecule is Nc1nc(OC(c2ccc(Cl)cc2C2=CCCOC2)C(F)(F)F)cc(C2=CC[C@@H](CC(N)C(=O)O)CC2)n1. The monoisotopic (exact) mass is 552 g/mol. The maximum absolute atomic E-state index is 14.4. The van der Waals surface area contributed by atoms with Crippen molar-refractivity contribution in [3.05, 3.63) is 58.3 Å². The van der Waals surface area contributed by atoms with Crippen molar-refractivity contribution >= 4 is 34.7 Å². The highest BCUT2D eigenvalue weighted by Crippen LogP contribution is 2.41. The molecule has 1 aliphatic heterocycles. The fourth-order valence-corrected chi connectivity index (χ4v) is 4.84. The molecule has 5 N–H and O–H groups in total. The van der Waals surface area contributed by atoms with E-state index in [1.165, 1.54) is 24.3 Å². The zero-order chi connectivity index (χ0) is 27.4. The number of aliphatic carboxylic acids is 1. The van der Waals surface area contributed by atoms with Gasteiger partial charge in [0, 0.05) is 16.7 Å². The van der Waals surface area contributed by atoms with Crippen molar-refractivity contribution in [1.82, 2.24) is 9.97 Å². The van der Waals surface area contributed by atoms with E-state index < -0.39 is 24.3 Å². The minimum Gasteiger partial charge on any atom is -0.480 e. The number of halogens is 4. The number of anilines is 1. The summed E-state index contributed by atoms with van der Waals surface area (Å²) in [5, 5.41) is 9.33. The van der Waals surface area contributed by atoms with Crippen LogP contribution in [0.15, 0.2) is 36.4 Å². The van der Waals surface area contributed by atoms with Crippen LogP contribution in [-0.2, 0) is 9.53 Å². The van der Waals surface area contributed by atoms with E-state index in [9.17, 15) is 18.0 Å². The molecule has 0 spiro atoms. The van der Waals surface area contributed by atoms with Gasteiger partial charge in [-0.2, -0.15) is 18.2 Å². The fraction of sp³-hybridized carbons (Fsp3) is 0.423. The molecule has 0 fully saturated rings. The number of ether oxygens (including phenoxy) is 2. The minimum absolute atomic E-state index is 0.0794. The molecule has 0 bridgehead atoms. The molecule has 3 atom stereocenters. The first-order chi connectivity index (χ1) is 18.0. The van der Waals surface area contributed by atoms with Gasteiger partial charge >= 0.3 is 12.1 Å². The highest BCUT2D eigenvalue weighted by molar-refractivity contribution is 6.30. The quantitative estimate of drug-likeness (QED) is 0.408. The van der Waals surface area contributed by atoms with E-state index in [-0.39, 0.29) is 34.9 Å². The summed E-state index contributed by atoms with van der Waals surface area (Å²) in [5.41, 5.74) is 13.4. The number of alkyl halides is 3. The summed E-state index contributed by atoms with van der Waals surface area (Å²) in [4.78, 5) is 19.1. The lowest BCUT2D eigenvalue weighted by Crippen LogP contribution is -2.32. The van der Waals surface area contributed by atoms with Gasteiger partial charge in [-0.25, -0.2) is 4.98 Å². The van der Waals surface area contributed by atoms with E-state index in [0.717, 1.165) is 5.57 Å². The maximum Gasteiger partial charge on any atom is 0.429 e. The standard InChI is InChI=1S/C26H28ClF3N4O4/c27-17-7-8-18(19(11-17)16-2-1-9-37-13-16)23(26(28,29)30)38-22-12-21(33-25(32)34-22)15-5-3-14(4-6-15)10-20(31)24(35)36/h2,5,7-8,11-12,14,20,23H,1,3-4,6,9-10,13,31H2,(H,35,36)(H2,32,33,34)/t14-,20?,23?/m1/s1. The number of nitrogens with two attached hydrogens (primary N) is 2. The average molecular weight is 553 g/mol. The van der Waals surface area contributed by atoms with Gasteiger partial charge < -0.3 is 26.0 Å². The highest BCUT2D eigenvalue weighted by atomic mass is 35.5. The number of carboxylic acid groups (broad SMARTS) is 1. The van der Waals surface area contributed by atoms with Crippen molar-refractivity contribution in [3.63, 3.8) is 0 Å². The molecule has 204 valence electrons. The Morgan fingerprint density at radius 2 is 2.03 bits per heavy atom. The molecule has 4 rings (SSSR count). The van der Waals surface area contributed by atoms with Gasteiger partial charge in [-0.15, -0.1) is 0 Å². The summed E-state index contributed by atoms with van der Waals surface area (Å²) >= 11 is 6.13. The zero-order valence-corrected chi connectivity index (χ0v) is 21.1. The van der Waals surface area contributed by atoms with Gasteiger partial charge in [0.2, 0.25) is 17.9 Å². The van der Waals surface area contributed by atoms with E-state index >= 15 is 0 Å². The van der Waals surface area contributed by atoms with Crippen LogP contribution in [0.25, 0.3) is 11.1 Å². The Balaban J connectivity index is 1.62. The summed E-state index contributed by atoms with van der Waals surface area (Å²) in [6.07, 6.45) is -0.760. The molecular weight excluding hydrogens is 525 g/mol. The predicted octanol–water partition coefficient (Wildman–Crippen LogP) is 5.18. The zero-order valence-electron chi connectivity index (χ0n) is 20.4. The number of allylic oxidation sites excluding steroid dienone is 2. The first kappa shape index (κ1) is 27.9. The third-order valence-corrected chi connectivity index (χ3v) is 6.80. The molecule has 1 aliphatic carbocycles. The van der Waals surface area contributed by atoms with Crippen LogP contribution in [0.1, 0.15) is 55.0 Å². The number of nitrogen functional groups attached to an aromatic ring is 1. The molecule has 1 aromatic heterocycles. The van der Waals surface area contributed by atoms with Crippen LogP contribution in [-0.4, -0.2) is 46.5 Å². The lowest BCUT2D eigenvalue weighted by molar-refractivity contribution is -0.198. The van der Waals surface area contributed by atoms with Crippen molar-refractivity contribution in [3.8, 4) is 5.88 Å². The van der Waals surface area contributed by atoms with Crippen molar-refractivity contribution in [2.24, 2.45) is 11.7 Å². The van der Waals surface area contributed by atoms with E-state index in [1.807, 2.05) is 12.2 Å². The first-order valence-corrected chi connectivity index (χ1v) is 12.5. The van der Waals surface area contributed by atoms with Crippen molar-refractivity contribution in [2.45, 2.75) is 50.4 Å². The summed E-state index contributed by atoms with van der Waals surface area (Å²) in [6.45, 7) is 0.652. The van der Waals surface area contributed by atoms with E-state index in [0.29, 0.717) is 55.5 Å². The number of carboxylic acids is 1. The van der Waals surface area contributed by atoms with Crippen molar-refractivity contribution < 1.29 is 32.5 Å². The van der Waals surface area contributed by atoms with Crippen LogP contribution in [0, 0.1) is 5.92 Å². The number of hydrogen-bond donors (Lipinski definition) is 3. The van der Waals surface area contributed by atoms with Gasteiger partial charge in [0.25, 0.3) is 0 Å². The number of benzene rings is 1. The summed E-state index contributed by atoms with van der Waals surface area (Å²) in [5.74, 6) is -1.52. The summed E-state index contributed by atoms with van der Waals surface area (Å²) < 4.78 is 54.0. The summed E-state index contributed by atoms with van der Waals surface area (Å²) in [6, 6.07) is 4.54. The topological polar surface area (TPSA) is 134 Å². The van der Waals surface area contributed by atoms with Crippen LogP contribution in [0.2, 0.25) is 5.02 Å². The maximum atomic E-state index is 14.4. The lowest BCUT2D eigenvalue weighted by Gasteiger charge is -2.26. The van der Waals surface area contributed by atoms with Crippen molar-refractivity contribution in [1.29, 1.82) is 0 Å². The molecule has 2 heterocycles. The van der Waals surface area contributed by atoms with Gasteiger partial charge in [-0.05, 0) is 66.9 Å². The first-order valence-electron chi connectivity index (χ1n) is 12.1. The van der Waals surface area contributed by atoms with Gasteiger partial charge in [0.15, 0.2) is 0 Å². The molecule has 0 saturated carbocycles. The third kappa shape index (κ3) is 6.83. The van der Waals surface area contributed by atoms with Gasteiger partial charge in [-0.3, -0.25) is 4.79 Å². The second-order valence-electron chi connectivity index (χ2n) is 9.34. The molecule has 8 nitrogen and oxygen atoms in total. The number of aromatic nitrogens is 2. The van der Waals surface area contributed by atoms with E-state index in [1.54, 1.807) is 0 Å². The van der Waals surface area contributed by atoms with Gasteiger partial charge in [0.1, 0.15) is 6.04 Å². The average Bonchev–Trinajstić information content (AvgIpc) is 2.87. The number of hydrogen-bond acceptors (Lipinski definition) is 7. The van der Waals surface area contributed by atoms with Crippen molar-refractivity contribution in [2.75, 3.05) is 18.9 Å². The van der Waals surface area contributed by atoms with Crippen LogP contribution in [0.5, 0.6) is 5.88 Å². The number of rotatable bonds is 8. The largest absolute Gasteiger partial charge is 0.480 e. The van der Waals surface area contributed by atoms with Crippen LogP contribution < -0.4 is 16.2 Å². The normalized spacial score (nSPS) is 19.8. The van der Waals surface area contributed by atoms with Gasteiger partial charge in [0.05, 0.1) is 18.9 Å².